The molecule has 1 aromatic heterocycles. The van der Waals surface area contributed by atoms with E-state index in [0.717, 1.165) is 11.5 Å². The van der Waals surface area contributed by atoms with Gasteiger partial charge in [-0.3, -0.25) is 4.79 Å². The molecule has 116 valence electrons. The second-order valence-electron chi connectivity index (χ2n) is 4.43. The van der Waals surface area contributed by atoms with Gasteiger partial charge >= 0.3 is 0 Å². The van der Waals surface area contributed by atoms with Gasteiger partial charge in [0.1, 0.15) is 23.9 Å². The van der Waals surface area contributed by atoms with Crippen LogP contribution in [0.4, 0.5) is 5.82 Å². The highest BCUT2D eigenvalue weighted by Gasteiger charge is 2.10. The summed E-state index contributed by atoms with van der Waals surface area (Å²) in [6.45, 7) is 0.788. The third-order valence-corrected chi connectivity index (χ3v) is 3.00. The van der Waals surface area contributed by atoms with Gasteiger partial charge in [-0.1, -0.05) is 0 Å². The van der Waals surface area contributed by atoms with Gasteiger partial charge in [0.25, 0.3) is 5.91 Å². The zero-order valence-electron chi connectivity index (χ0n) is 12.6. The van der Waals surface area contributed by atoms with Gasteiger partial charge < -0.3 is 20.1 Å². The molecule has 6 nitrogen and oxygen atoms in total. The van der Waals surface area contributed by atoms with Crippen molar-refractivity contribution in [2.24, 2.45) is 0 Å². The van der Waals surface area contributed by atoms with E-state index in [0.29, 0.717) is 24.5 Å². The van der Waals surface area contributed by atoms with Crippen molar-refractivity contribution in [3.05, 3.63) is 48.2 Å². The molecule has 2 rings (SSSR count). The van der Waals surface area contributed by atoms with Crippen molar-refractivity contribution < 1.29 is 14.3 Å². The van der Waals surface area contributed by atoms with Crippen molar-refractivity contribution >= 4 is 11.7 Å². The van der Waals surface area contributed by atoms with Gasteiger partial charge in [-0.05, 0) is 36.4 Å². The largest absolute Gasteiger partial charge is 0.497 e. The number of ether oxygens (including phenoxy) is 2. The molecule has 2 N–H and O–H groups in total. The number of rotatable bonds is 7. The first-order valence-electron chi connectivity index (χ1n) is 6.92. The quantitative estimate of drug-likeness (QED) is 0.765. The van der Waals surface area contributed by atoms with Gasteiger partial charge in [-0.2, -0.15) is 0 Å². The number of amides is 1. The number of benzene rings is 1. The van der Waals surface area contributed by atoms with Gasteiger partial charge in [0.15, 0.2) is 0 Å². The SMILES string of the molecule is CNc1ncccc1C(=O)NCCOc1ccc(OC)cc1. The van der Waals surface area contributed by atoms with Crippen LogP contribution in [0, 0.1) is 0 Å². The third-order valence-electron chi connectivity index (χ3n) is 3.00. The van der Waals surface area contributed by atoms with Crippen molar-refractivity contribution in [3.8, 4) is 11.5 Å². The van der Waals surface area contributed by atoms with Gasteiger partial charge in [-0.15, -0.1) is 0 Å². The maximum Gasteiger partial charge on any atom is 0.255 e. The van der Waals surface area contributed by atoms with E-state index in [1.165, 1.54) is 0 Å². The lowest BCUT2D eigenvalue weighted by atomic mass is 10.2. The number of pyridine rings is 1. The van der Waals surface area contributed by atoms with E-state index in [1.54, 1.807) is 32.5 Å². The van der Waals surface area contributed by atoms with Crippen molar-refractivity contribution in [1.82, 2.24) is 10.3 Å². The molecule has 0 atom stereocenters. The van der Waals surface area contributed by atoms with E-state index in [4.69, 9.17) is 9.47 Å². The summed E-state index contributed by atoms with van der Waals surface area (Å²) in [5, 5.41) is 5.69. The number of methoxy groups -OCH3 is 1. The summed E-state index contributed by atoms with van der Waals surface area (Å²) in [5.74, 6) is 1.87. The summed E-state index contributed by atoms with van der Waals surface area (Å²) in [5.41, 5.74) is 0.509. The Morgan fingerprint density at radius 1 is 1.18 bits per heavy atom. The van der Waals surface area contributed by atoms with Gasteiger partial charge in [0.2, 0.25) is 0 Å². The first kappa shape index (κ1) is 15.6. The second kappa shape index (κ2) is 7.87. The van der Waals surface area contributed by atoms with Crippen molar-refractivity contribution in [2.45, 2.75) is 0 Å². The lowest BCUT2D eigenvalue weighted by Crippen LogP contribution is -2.28. The molecule has 1 aromatic carbocycles. The predicted molar refractivity (Wildman–Crippen MR) is 84.6 cm³/mol. The average molecular weight is 301 g/mol. The first-order chi connectivity index (χ1) is 10.7. The first-order valence-corrected chi connectivity index (χ1v) is 6.92. The molecule has 0 fully saturated rings. The van der Waals surface area contributed by atoms with Crippen LogP contribution in [0.2, 0.25) is 0 Å². The average Bonchev–Trinajstić information content (AvgIpc) is 2.59. The lowest BCUT2D eigenvalue weighted by Gasteiger charge is -2.10. The normalized spacial score (nSPS) is 9.91. The summed E-state index contributed by atoms with van der Waals surface area (Å²) in [7, 11) is 3.34. The van der Waals surface area contributed by atoms with Crippen LogP contribution in [0.1, 0.15) is 10.4 Å². The molecule has 1 amide bonds. The Morgan fingerprint density at radius 2 is 1.91 bits per heavy atom. The van der Waals surface area contributed by atoms with Crippen molar-refractivity contribution in [3.63, 3.8) is 0 Å². The fourth-order valence-electron chi connectivity index (χ4n) is 1.89. The number of nitrogens with one attached hydrogen (secondary N) is 2. The Morgan fingerprint density at radius 3 is 2.59 bits per heavy atom. The van der Waals surface area contributed by atoms with Gasteiger partial charge in [0, 0.05) is 13.2 Å². The number of aromatic nitrogens is 1. The molecule has 0 aliphatic carbocycles. The fraction of sp³-hybridized carbons (Fsp3) is 0.250. The predicted octanol–water partition coefficient (Wildman–Crippen LogP) is 1.94. The van der Waals surface area contributed by atoms with Crippen molar-refractivity contribution in [2.75, 3.05) is 32.6 Å². The number of nitrogens with zero attached hydrogens (tertiary/aromatic N) is 1. The summed E-state index contributed by atoms with van der Waals surface area (Å²) in [4.78, 5) is 16.2. The van der Waals surface area contributed by atoms with Crippen LogP contribution in [-0.2, 0) is 0 Å². The summed E-state index contributed by atoms with van der Waals surface area (Å²) in [6, 6.07) is 10.7. The number of carbonyl (C=O) groups excluding carboxylic acids is 1. The van der Waals surface area contributed by atoms with E-state index in [-0.39, 0.29) is 5.91 Å². The van der Waals surface area contributed by atoms with Crippen LogP contribution in [0.25, 0.3) is 0 Å². The Kier molecular flexibility index (Phi) is 5.59. The molecule has 1 heterocycles. The molecule has 2 aromatic rings. The molecule has 22 heavy (non-hydrogen) atoms. The molecular formula is C16H19N3O3. The minimum Gasteiger partial charge on any atom is -0.497 e. The van der Waals surface area contributed by atoms with Crippen LogP contribution in [-0.4, -0.2) is 38.2 Å². The van der Waals surface area contributed by atoms with Crippen LogP contribution < -0.4 is 20.1 Å². The number of anilines is 1. The fourth-order valence-corrected chi connectivity index (χ4v) is 1.89. The lowest BCUT2D eigenvalue weighted by molar-refractivity contribution is 0.0947. The molecule has 0 radical (unpaired) electrons. The molecule has 0 bridgehead atoms. The zero-order chi connectivity index (χ0) is 15.8. The third kappa shape index (κ3) is 4.12. The highest BCUT2D eigenvalue weighted by Crippen LogP contribution is 2.16. The minimum atomic E-state index is -0.184. The smallest absolute Gasteiger partial charge is 0.255 e. The van der Waals surface area contributed by atoms with Gasteiger partial charge in [-0.25, -0.2) is 4.98 Å². The Bertz CT molecular complexity index is 614. The van der Waals surface area contributed by atoms with Gasteiger partial charge in [0.05, 0.1) is 19.2 Å². The summed E-state index contributed by atoms with van der Waals surface area (Å²) in [6.07, 6.45) is 1.63. The van der Waals surface area contributed by atoms with E-state index in [2.05, 4.69) is 15.6 Å². The zero-order valence-corrected chi connectivity index (χ0v) is 12.6. The molecule has 0 unspecified atom stereocenters. The maximum atomic E-state index is 12.1. The monoisotopic (exact) mass is 301 g/mol. The molecule has 6 heteroatoms. The van der Waals surface area contributed by atoms with Crippen LogP contribution in [0.5, 0.6) is 11.5 Å². The molecule has 0 saturated heterocycles. The van der Waals surface area contributed by atoms with E-state index in [9.17, 15) is 4.79 Å². The van der Waals surface area contributed by atoms with E-state index < -0.39 is 0 Å². The Balaban J connectivity index is 1.79. The molecule has 0 saturated carbocycles. The second-order valence-corrected chi connectivity index (χ2v) is 4.43. The number of carbonyl (C=O) groups is 1. The minimum absolute atomic E-state index is 0.184. The molecule has 0 aliphatic heterocycles. The topological polar surface area (TPSA) is 72.5 Å². The molecule has 0 aliphatic rings. The van der Waals surface area contributed by atoms with E-state index in [1.807, 2.05) is 24.3 Å². The summed E-state index contributed by atoms with van der Waals surface area (Å²) < 4.78 is 10.6. The standard InChI is InChI=1S/C16H19N3O3/c1-17-15-14(4-3-9-18-15)16(20)19-10-11-22-13-7-5-12(21-2)6-8-13/h3-9H,10-11H2,1-2H3,(H,17,18)(H,19,20). The number of hydrogen-bond donors (Lipinski definition) is 2. The van der Waals surface area contributed by atoms with Crippen LogP contribution in [0.3, 0.4) is 0 Å². The number of hydrogen-bond acceptors (Lipinski definition) is 5. The van der Waals surface area contributed by atoms with Crippen LogP contribution in [0.15, 0.2) is 42.6 Å². The Labute approximate surface area is 129 Å². The maximum absolute atomic E-state index is 12.1. The Hall–Kier alpha value is -2.76. The van der Waals surface area contributed by atoms with E-state index >= 15 is 0 Å². The molecule has 0 spiro atoms. The highest BCUT2D eigenvalue weighted by molar-refractivity contribution is 5.98. The summed E-state index contributed by atoms with van der Waals surface area (Å²) >= 11 is 0. The highest BCUT2D eigenvalue weighted by atomic mass is 16.5. The molecular weight excluding hydrogens is 282 g/mol. The van der Waals surface area contributed by atoms with Crippen molar-refractivity contribution in [1.29, 1.82) is 0 Å². The van der Waals surface area contributed by atoms with Crippen LogP contribution >= 0.6 is 0 Å².